The third-order valence-corrected chi connectivity index (χ3v) is 3.84. The average molecular weight is 297 g/mol. The van der Waals surface area contributed by atoms with Gasteiger partial charge in [-0.1, -0.05) is 18.2 Å². The molecule has 3 rings (SSSR count). The van der Waals surface area contributed by atoms with Gasteiger partial charge < -0.3 is 5.32 Å². The number of para-hydroxylation sites is 1. The van der Waals surface area contributed by atoms with E-state index in [1.165, 1.54) is 0 Å². The number of benzene rings is 1. The van der Waals surface area contributed by atoms with Crippen LogP contribution in [0.5, 0.6) is 0 Å². The summed E-state index contributed by atoms with van der Waals surface area (Å²) in [7, 11) is 0. The Hall–Kier alpha value is -2.40. The lowest BCUT2D eigenvalue weighted by Gasteiger charge is -2.02. The fourth-order valence-electron chi connectivity index (χ4n) is 2.13. The summed E-state index contributed by atoms with van der Waals surface area (Å²) in [6.45, 7) is 2.74. The summed E-state index contributed by atoms with van der Waals surface area (Å²) in [5.41, 5.74) is 3.26. The van der Waals surface area contributed by atoms with Crippen molar-refractivity contribution in [3.63, 3.8) is 0 Å². The van der Waals surface area contributed by atoms with E-state index in [0.717, 1.165) is 23.5 Å². The van der Waals surface area contributed by atoms with Crippen LogP contribution in [-0.4, -0.2) is 15.7 Å². The van der Waals surface area contributed by atoms with Gasteiger partial charge in [0.05, 0.1) is 5.69 Å². The number of rotatable bonds is 4. The number of thiophene rings is 1. The normalized spacial score (nSPS) is 10.5. The minimum atomic E-state index is -0.190. The molecular formula is C16H15N3OS. The maximum absolute atomic E-state index is 12.3. The number of nitrogens with zero attached hydrogens (tertiary/aromatic N) is 2. The molecule has 0 fully saturated rings. The van der Waals surface area contributed by atoms with Crippen molar-refractivity contribution in [2.45, 2.75) is 13.5 Å². The Morgan fingerprint density at radius 2 is 2.10 bits per heavy atom. The smallest absolute Gasteiger partial charge is 0.276 e. The van der Waals surface area contributed by atoms with E-state index >= 15 is 0 Å². The van der Waals surface area contributed by atoms with Crippen LogP contribution in [0.3, 0.4) is 0 Å². The monoisotopic (exact) mass is 297 g/mol. The Balaban J connectivity index is 1.87. The highest BCUT2D eigenvalue weighted by atomic mass is 32.1. The predicted molar refractivity (Wildman–Crippen MR) is 85.6 cm³/mol. The van der Waals surface area contributed by atoms with E-state index in [9.17, 15) is 4.79 Å². The van der Waals surface area contributed by atoms with Crippen LogP contribution in [0.25, 0.3) is 11.3 Å². The van der Waals surface area contributed by atoms with Crippen molar-refractivity contribution in [2.24, 2.45) is 0 Å². The third kappa shape index (κ3) is 2.87. The maximum atomic E-state index is 12.3. The van der Waals surface area contributed by atoms with Crippen molar-refractivity contribution >= 4 is 22.9 Å². The average Bonchev–Trinajstić information content (AvgIpc) is 3.17. The Kier molecular flexibility index (Phi) is 3.83. The molecule has 1 N–H and O–H groups in total. The minimum absolute atomic E-state index is 0.190. The first kappa shape index (κ1) is 13.6. The first-order valence-electron chi connectivity index (χ1n) is 6.74. The van der Waals surface area contributed by atoms with Gasteiger partial charge in [-0.25, -0.2) is 0 Å². The number of anilines is 1. The highest BCUT2D eigenvalue weighted by Crippen LogP contribution is 2.23. The van der Waals surface area contributed by atoms with E-state index in [1.807, 2.05) is 59.5 Å². The molecule has 1 aromatic carbocycles. The highest BCUT2D eigenvalue weighted by molar-refractivity contribution is 7.08. The summed E-state index contributed by atoms with van der Waals surface area (Å²) >= 11 is 1.63. The summed E-state index contributed by atoms with van der Waals surface area (Å²) in [4.78, 5) is 12.3. The largest absolute Gasteiger partial charge is 0.321 e. The number of carbonyl (C=O) groups is 1. The van der Waals surface area contributed by atoms with E-state index in [-0.39, 0.29) is 5.91 Å². The zero-order valence-electron chi connectivity index (χ0n) is 11.6. The molecule has 4 nitrogen and oxygen atoms in total. The van der Waals surface area contributed by atoms with Gasteiger partial charge in [-0.15, -0.1) is 0 Å². The number of hydrogen-bond donors (Lipinski definition) is 1. The summed E-state index contributed by atoms with van der Waals surface area (Å²) in [5.74, 6) is -0.190. The molecule has 0 aliphatic heterocycles. The zero-order valence-corrected chi connectivity index (χ0v) is 12.4. The van der Waals surface area contributed by atoms with Crippen LogP contribution in [-0.2, 0) is 6.54 Å². The molecule has 106 valence electrons. The maximum Gasteiger partial charge on any atom is 0.276 e. The Morgan fingerprint density at radius 1 is 1.29 bits per heavy atom. The molecule has 0 aliphatic rings. The molecule has 0 radical (unpaired) electrons. The molecule has 0 spiro atoms. The van der Waals surface area contributed by atoms with E-state index in [2.05, 4.69) is 15.8 Å². The van der Waals surface area contributed by atoms with E-state index in [0.29, 0.717) is 5.69 Å². The summed E-state index contributed by atoms with van der Waals surface area (Å²) in [6.07, 6.45) is 0. The zero-order chi connectivity index (χ0) is 14.7. The van der Waals surface area contributed by atoms with Gasteiger partial charge in [-0.2, -0.15) is 16.4 Å². The predicted octanol–water partition coefficient (Wildman–Crippen LogP) is 3.88. The molecule has 0 aliphatic carbocycles. The molecule has 0 atom stereocenters. The Labute approximate surface area is 127 Å². The van der Waals surface area contributed by atoms with Gasteiger partial charge in [0.25, 0.3) is 5.91 Å². The van der Waals surface area contributed by atoms with E-state index in [4.69, 9.17) is 0 Å². The third-order valence-electron chi connectivity index (χ3n) is 3.16. The van der Waals surface area contributed by atoms with E-state index < -0.39 is 0 Å². The summed E-state index contributed by atoms with van der Waals surface area (Å²) < 4.78 is 1.85. The van der Waals surface area contributed by atoms with Crippen molar-refractivity contribution < 1.29 is 4.79 Å². The van der Waals surface area contributed by atoms with Crippen molar-refractivity contribution in [1.29, 1.82) is 0 Å². The van der Waals surface area contributed by atoms with Crippen LogP contribution >= 0.6 is 11.3 Å². The SMILES string of the molecule is CCn1nc(C(=O)Nc2ccccc2)cc1-c1ccsc1. The number of carbonyl (C=O) groups excluding carboxylic acids is 1. The second kappa shape index (κ2) is 5.93. The van der Waals surface area contributed by atoms with Crippen LogP contribution in [0.15, 0.2) is 53.2 Å². The number of amides is 1. The lowest BCUT2D eigenvalue weighted by atomic mass is 10.2. The molecule has 1 amide bonds. The molecule has 3 aromatic rings. The van der Waals surface area contributed by atoms with Gasteiger partial charge >= 0.3 is 0 Å². The van der Waals surface area contributed by atoms with Crippen molar-refractivity contribution in [2.75, 3.05) is 5.32 Å². The summed E-state index contributed by atoms with van der Waals surface area (Å²) in [5, 5.41) is 11.3. The second-order valence-corrected chi connectivity index (χ2v) is 5.34. The summed E-state index contributed by atoms with van der Waals surface area (Å²) in [6, 6.07) is 13.3. The van der Waals surface area contributed by atoms with Crippen LogP contribution in [0.2, 0.25) is 0 Å². The van der Waals surface area contributed by atoms with Crippen molar-refractivity contribution in [3.8, 4) is 11.3 Å². The van der Waals surface area contributed by atoms with Gasteiger partial charge in [0, 0.05) is 23.2 Å². The fourth-order valence-corrected chi connectivity index (χ4v) is 2.78. The quantitative estimate of drug-likeness (QED) is 0.794. The van der Waals surface area contributed by atoms with Crippen LogP contribution in [0.4, 0.5) is 5.69 Å². The molecule has 21 heavy (non-hydrogen) atoms. The molecule has 5 heteroatoms. The lowest BCUT2D eigenvalue weighted by Crippen LogP contribution is -2.13. The molecular weight excluding hydrogens is 282 g/mol. The van der Waals surface area contributed by atoms with Gasteiger partial charge in [0.2, 0.25) is 0 Å². The van der Waals surface area contributed by atoms with Crippen LogP contribution in [0.1, 0.15) is 17.4 Å². The molecule has 0 saturated heterocycles. The van der Waals surface area contributed by atoms with Crippen LogP contribution in [0, 0.1) is 0 Å². The number of nitrogens with one attached hydrogen (secondary N) is 1. The molecule has 0 unspecified atom stereocenters. The van der Waals surface area contributed by atoms with Gasteiger partial charge in [0.15, 0.2) is 5.69 Å². The van der Waals surface area contributed by atoms with Crippen molar-refractivity contribution in [3.05, 3.63) is 58.9 Å². The topological polar surface area (TPSA) is 46.9 Å². The standard InChI is InChI=1S/C16H15N3OS/c1-2-19-15(12-8-9-21-11-12)10-14(18-19)16(20)17-13-6-4-3-5-7-13/h3-11H,2H2,1H3,(H,17,20). The van der Waals surface area contributed by atoms with Crippen molar-refractivity contribution in [1.82, 2.24) is 9.78 Å². The lowest BCUT2D eigenvalue weighted by molar-refractivity contribution is 0.102. The Bertz CT molecular complexity index is 732. The molecule has 2 aromatic heterocycles. The van der Waals surface area contributed by atoms with Crippen LogP contribution < -0.4 is 5.32 Å². The van der Waals surface area contributed by atoms with Gasteiger partial charge in [-0.3, -0.25) is 9.48 Å². The Morgan fingerprint density at radius 3 is 2.76 bits per heavy atom. The minimum Gasteiger partial charge on any atom is -0.321 e. The first-order chi connectivity index (χ1) is 10.3. The molecule has 0 saturated carbocycles. The van der Waals surface area contributed by atoms with Gasteiger partial charge in [-0.05, 0) is 36.6 Å². The molecule has 2 heterocycles. The fraction of sp³-hybridized carbons (Fsp3) is 0.125. The van der Waals surface area contributed by atoms with E-state index in [1.54, 1.807) is 11.3 Å². The van der Waals surface area contributed by atoms with Gasteiger partial charge in [0.1, 0.15) is 0 Å². The second-order valence-electron chi connectivity index (χ2n) is 4.56. The first-order valence-corrected chi connectivity index (χ1v) is 7.69. The molecule has 0 bridgehead atoms. The number of hydrogen-bond acceptors (Lipinski definition) is 3. The number of aryl methyl sites for hydroxylation is 1. The number of aromatic nitrogens is 2. The highest BCUT2D eigenvalue weighted by Gasteiger charge is 2.15.